The van der Waals surface area contributed by atoms with Crippen LogP contribution in [0.25, 0.3) is 21.3 Å². The highest BCUT2D eigenvalue weighted by Crippen LogP contribution is 2.29. The van der Waals surface area contributed by atoms with E-state index in [0.29, 0.717) is 5.56 Å². The van der Waals surface area contributed by atoms with Gasteiger partial charge in [-0.15, -0.1) is 11.3 Å². The molecule has 0 amide bonds. The number of aromatic carboxylic acids is 1. The van der Waals surface area contributed by atoms with Gasteiger partial charge in [0.1, 0.15) is 0 Å². The molecule has 0 atom stereocenters. The van der Waals surface area contributed by atoms with Crippen molar-refractivity contribution in [2.75, 3.05) is 0 Å². The molecule has 0 saturated carbocycles. The Balaban J connectivity index is 2.31. The molecule has 4 nitrogen and oxygen atoms in total. The van der Waals surface area contributed by atoms with Gasteiger partial charge in [-0.3, -0.25) is 4.98 Å². The van der Waals surface area contributed by atoms with Crippen LogP contribution < -0.4 is 0 Å². The molecule has 0 fully saturated rings. The molecule has 0 unspecified atom stereocenters. The second kappa shape index (κ2) is 3.71. The number of benzene rings is 1. The van der Waals surface area contributed by atoms with E-state index < -0.39 is 5.97 Å². The van der Waals surface area contributed by atoms with E-state index in [1.165, 1.54) is 11.3 Å². The normalized spacial score (nSPS) is 10.8. The van der Waals surface area contributed by atoms with Gasteiger partial charge in [0.25, 0.3) is 0 Å². The summed E-state index contributed by atoms with van der Waals surface area (Å²) in [4.78, 5) is 19.2. The SMILES string of the molecule is O=C(O)c1cc(-c2cncs2)cc2[nH]ccc12. The summed E-state index contributed by atoms with van der Waals surface area (Å²) in [5, 5.41) is 9.92. The first kappa shape index (κ1) is 10.0. The molecule has 0 aliphatic carbocycles. The first-order valence-corrected chi connectivity index (χ1v) is 5.87. The van der Waals surface area contributed by atoms with Crippen molar-refractivity contribution in [3.63, 3.8) is 0 Å². The Morgan fingerprint density at radius 2 is 2.29 bits per heavy atom. The zero-order valence-corrected chi connectivity index (χ0v) is 9.49. The Hall–Kier alpha value is -2.14. The average molecular weight is 244 g/mol. The number of carbonyl (C=O) groups is 1. The van der Waals surface area contributed by atoms with Gasteiger partial charge in [-0.2, -0.15) is 0 Å². The smallest absolute Gasteiger partial charge is 0.336 e. The van der Waals surface area contributed by atoms with Crippen LogP contribution in [0, 0.1) is 0 Å². The Morgan fingerprint density at radius 3 is 3.00 bits per heavy atom. The fraction of sp³-hybridized carbons (Fsp3) is 0. The fourth-order valence-corrected chi connectivity index (χ4v) is 2.46. The molecular weight excluding hydrogens is 236 g/mol. The van der Waals surface area contributed by atoms with Crippen molar-refractivity contribution < 1.29 is 9.90 Å². The number of hydrogen-bond donors (Lipinski definition) is 2. The van der Waals surface area contributed by atoms with Gasteiger partial charge in [-0.1, -0.05) is 0 Å². The number of carboxylic acid groups (broad SMARTS) is 1. The molecule has 84 valence electrons. The van der Waals surface area contributed by atoms with E-state index in [9.17, 15) is 9.90 Å². The largest absolute Gasteiger partial charge is 0.478 e. The zero-order valence-electron chi connectivity index (χ0n) is 8.68. The minimum Gasteiger partial charge on any atom is -0.478 e. The lowest BCUT2D eigenvalue weighted by atomic mass is 10.1. The molecular formula is C12H8N2O2S. The number of aromatic nitrogens is 2. The molecule has 0 bridgehead atoms. The highest BCUT2D eigenvalue weighted by atomic mass is 32.1. The van der Waals surface area contributed by atoms with Crippen molar-refractivity contribution in [3.05, 3.63) is 41.7 Å². The van der Waals surface area contributed by atoms with Crippen LogP contribution >= 0.6 is 11.3 Å². The third-order valence-electron chi connectivity index (χ3n) is 2.62. The van der Waals surface area contributed by atoms with Gasteiger partial charge in [-0.25, -0.2) is 4.79 Å². The van der Waals surface area contributed by atoms with Crippen molar-refractivity contribution in [2.45, 2.75) is 0 Å². The van der Waals surface area contributed by atoms with Crippen LogP contribution in [0.5, 0.6) is 0 Å². The van der Waals surface area contributed by atoms with Gasteiger partial charge in [0, 0.05) is 23.3 Å². The van der Waals surface area contributed by atoms with Gasteiger partial charge < -0.3 is 10.1 Å². The monoisotopic (exact) mass is 244 g/mol. The summed E-state index contributed by atoms with van der Waals surface area (Å²) in [5.41, 5.74) is 3.74. The lowest BCUT2D eigenvalue weighted by Gasteiger charge is -2.02. The number of nitrogens with one attached hydrogen (secondary N) is 1. The summed E-state index contributed by atoms with van der Waals surface area (Å²) in [6, 6.07) is 5.40. The molecule has 5 heteroatoms. The maximum Gasteiger partial charge on any atom is 0.336 e. The highest BCUT2D eigenvalue weighted by Gasteiger charge is 2.12. The first-order chi connectivity index (χ1) is 8.25. The Bertz CT molecular complexity index is 686. The summed E-state index contributed by atoms with van der Waals surface area (Å²) in [6.07, 6.45) is 3.48. The third kappa shape index (κ3) is 1.60. The van der Waals surface area contributed by atoms with E-state index in [0.717, 1.165) is 21.3 Å². The Morgan fingerprint density at radius 1 is 1.41 bits per heavy atom. The molecule has 0 spiro atoms. The van der Waals surface area contributed by atoms with Gasteiger partial charge in [0.05, 0.1) is 16.0 Å². The van der Waals surface area contributed by atoms with Crippen LogP contribution in [0.3, 0.4) is 0 Å². The molecule has 2 N–H and O–H groups in total. The summed E-state index contributed by atoms with van der Waals surface area (Å²) < 4.78 is 0. The van der Waals surface area contributed by atoms with Crippen molar-refractivity contribution in [2.24, 2.45) is 0 Å². The number of hydrogen-bond acceptors (Lipinski definition) is 3. The van der Waals surface area contributed by atoms with Crippen molar-refractivity contribution in [1.29, 1.82) is 0 Å². The summed E-state index contributed by atoms with van der Waals surface area (Å²) >= 11 is 1.49. The molecule has 3 rings (SSSR count). The lowest BCUT2D eigenvalue weighted by molar-refractivity contribution is 0.0699. The van der Waals surface area contributed by atoms with Crippen molar-refractivity contribution in [3.8, 4) is 10.4 Å². The second-order valence-electron chi connectivity index (χ2n) is 3.63. The topological polar surface area (TPSA) is 66.0 Å². The number of nitrogens with zero attached hydrogens (tertiary/aromatic N) is 1. The highest BCUT2D eigenvalue weighted by molar-refractivity contribution is 7.13. The van der Waals surface area contributed by atoms with Gasteiger partial charge >= 0.3 is 5.97 Å². The quantitative estimate of drug-likeness (QED) is 0.728. The van der Waals surface area contributed by atoms with E-state index >= 15 is 0 Å². The zero-order chi connectivity index (χ0) is 11.8. The predicted octanol–water partition coefficient (Wildman–Crippen LogP) is 2.99. The standard InChI is InChI=1S/C12H8N2O2S/c15-12(16)9-3-7(11-5-13-6-17-11)4-10-8(9)1-2-14-10/h1-6,14H,(H,15,16). The van der Waals surface area contributed by atoms with Crippen LogP contribution in [-0.2, 0) is 0 Å². The molecule has 2 aromatic heterocycles. The van der Waals surface area contributed by atoms with Crippen molar-refractivity contribution >= 4 is 28.2 Å². The number of fused-ring (bicyclic) bond motifs is 1. The second-order valence-corrected chi connectivity index (χ2v) is 4.52. The van der Waals surface area contributed by atoms with E-state index in [1.54, 1.807) is 30.0 Å². The van der Waals surface area contributed by atoms with Crippen LogP contribution in [0.15, 0.2) is 36.1 Å². The lowest BCUT2D eigenvalue weighted by Crippen LogP contribution is -1.97. The molecule has 0 radical (unpaired) electrons. The molecule has 2 heterocycles. The van der Waals surface area contributed by atoms with E-state index in [1.807, 2.05) is 6.07 Å². The number of H-pyrrole nitrogens is 1. The number of aromatic amines is 1. The molecule has 0 aliphatic rings. The average Bonchev–Trinajstić information content (AvgIpc) is 2.98. The summed E-state index contributed by atoms with van der Waals surface area (Å²) in [7, 11) is 0. The van der Waals surface area contributed by atoms with Gasteiger partial charge in [0.2, 0.25) is 0 Å². The molecule has 0 saturated heterocycles. The molecule has 3 aromatic rings. The molecule has 17 heavy (non-hydrogen) atoms. The minimum atomic E-state index is -0.916. The minimum absolute atomic E-state index is 0.312. The van der Waals surface area contributed by atoms with E-state index in [-0.39, 0.29) is 0 Å². The fourth-order valence-electron chi connectivity index (χ4n) is 1.84. The maximum absolute atomic E-state index is 11.2. The van der Waals surface area contributed by atoms with Crippen LogP contribution in [0.4, 0.5) is 0 Å². The summed E-state index contributed by atoms with van der Waals surface area (Å²) in [6.45, 7) is 0. The van der Waals surface area contributed by atoms with Gasteiger partial charge in [0.15, 0.2) is 0 Å². The van der Waals surface area contributed by atoms with E-state index in [4.69, 9.17) is 0 Å². The Kier molecular flexibility index (Phi) is 2.19. The van der Waals surface area contributed by atoms with E-state index in [2.05, 4.69) is 9.97 Å². The van der Waals surface area contributed by atoms with Crippen LogP contribution in [-0.4, -0.2) is 21.0 Å². The Labute approximate surface area is 101 Å². The number of carboxylic acids is 1. The molecule has 0 aliphatic heterocycles. The number of thiazole rings is 1. The number of rotatable bonds is 2. The summed E-state index contributed by atoms with van der Waals surface area (Å²) in [5.74, 6) is -0.916. The predicted molar refractivity (Wildman–Crippen MR) is 66.4 cm³/mol. The first-order valence-electron chi connectivity index (χ1n) is 4.99. The van der Waals surface area contributed by atoms with Crippen molar-refractivity contribution in [1.82, 2.24) is 9.97 Å². The van der Waals surface area contributed by atoms with Gasteiger partial charge in [-0.05, 0) is 23.8 Å². The molecule has 1 aromatic carbocycles. The van der Waals surface area contributed by atoms with Crippen LogP contribution in [0.2, 0.25) is 0 Å². The third-order valence-corrected chi connectivity index (χ3v) is 3.44. The van der Waals surface area contributed by atoms with Crippen LogP contribution in [0.1, 0.15) is 10.4 Å². The maximum atomic E-state index is 11.2.